The molecule has 2 aliphatic heterocycles. The topological polar surface area (TPSA) is 40.6 Å². The highest BCUT2D eigenvalue weighted by molar-refractivity contribution is 6.06. The van der Waals surface area contributed by atoms with Crippen molar-refractivity contribution in [3.05, 3.63) is 84.2 Å². The van der Waals surface area contributed by atoms with E-state index in [4.69, 9.17) is 0 Å². The number of allylic oxidation sites excluding steroid dienone is 2. The lowest BCUT2D eigenvalue weighted by Crippen LogP contribution is -2.30. The van der Waals surface area contributed by atoms with E-state index < -0.39 is 0 Å². The third-order valence-electron chi connectivity index (χ3n) is 5.24. The molecule has 0 N–H and O–H groups in total. The van der Waals surface area contributed by atoms with Gasteiger partial charge in [0.15, 0.2) is 0 Å². The van der Waals surface area contributed by atoms with Crippen LogP contribution in [-0.2, 0) is 0 Å². The number of amides is 2. The SMILES string of the molecule is O=C(c1ccccc1-c1ccccc1C(=O)N1C=CCCC1)N1C=CCCC1. The molecular weight excluding hydrogens is 348 g/mol. The predicted molar refractivity (Wildman–Crippen MR) is 111 cm³/mol. The van der Waals surface area contributed by atoms with Gasteiger partial charge in [0.1, 0.15) is 0 Å². The Kier molecular flexibility index (Phi) is 5.38. The fourth-order valence-corrected chi connectivity index (χ4v) is 3.77. The summed E-state index contributed by atoms with van der Waals surface area (Å²) in [4.78, 5) is 29.8. The van der Waals surface area contributed by atoms with E-state index in [-0.39, 0.29) is 11.8 Å². The highest BCUT2D eigenvalue weighted by Crippen LogP contribution is 2.30. The summed E-state index contributed by atoms with van der Waals surface area (Å²) in [5, 5.41) is 0. The minimum absolute atomic E-state index is 0.0216. The molecule has 2 aromatic rings. The smallest absolute Gasteiger partial charge is 0.258 e. The van der Waals surface area contributed by atoms with Gasteiger partial charge in [-0.05, 0) is 48.9 Å². The number of benzene rings is 2. The van der Waals surface area contributed by atoms with E-state index in [0.29, 0.717) is 11.1 Å². The fourth-order valence-electron chi connectivity index (χ4n) is 3.77. The highest BCUT2D eigenvalue weighted by Gasteiger charge is 2.23. The molecule has 2 aromatic carbocycles. The summed E-state index contributed by atoms with van der Waals surface area (Å²) in [6.07, 6.45) is 11.8. The zero-order valence-corrected chi connectivity index (χ0v) is 15.9. The Hall–Kier alpha value is -3.14. The van der Waals surface area contributed by atoms with Crippen molar-refractivity contribution < 1.29 is 9.59 Å². The van der Waals surface area contributed by atoms with Crippen LogP contribution in [0.25, 0.3) is 11.1 Å². The molecule has 0 bridgehead atoms. The van der Waals surface area contributed by atoms with Gasteiger partial charge in [-0.25, -0.2) is 0 Å². The van der Waals surface area contributed by atoms with Crippen molar-refractivity contribution in [2.45, 2.75) is 25.7 Å². The van der Waals surface area contributed by atoms with Gasteiger partial charge in [-0.3, -0.25) is 9.59 Å². The molecule has 2 amide bonds. The van der Waals surface area contributed by atoms with Crippen molar-refractivity contribution in [3.8, 4) is 11.1 Å². The minimum Gasteiger partial charge on any atom is -0.315 e. The molecule has 4 rings (SSSR count). The normalized spacial score (nSPS) is 16.3. The van der Waals surface area contributed by atoms with Gasteiger partial charge in [0, 0.05) is 36.6 Å². The molecule has 0 aliphatic carbocycles. The first-order chi connectivity index (χ1) is 13.8. The van der Waals surface area contributed by atoms with Gasteiger partial charge in [-0.15, -0.1) is 0 Å². The third kappa shape index (κ3) is 3.63. The van der Waals surface area contributed by atoms with Crippen LogP contribution < -0.4 is 0 Å². The van der Waals surface area contributed by atoms with Crippen LogP contribution in [0.4, 0.5) is 0 Å². The second-order valence-corrected chi connectivity index (χ2v) is 7.14. The van der Waals surface area contributed by atoms with Gasteiger partial charge >= 0.3 is 0 Å². The standard InChI is InChI=1S/C24H24N2O2/c27-23(25-15-7-1-8-16-25)21-13-5-3-11-19(21)20-12-4-6-14-22(20)24(28)26-17-9-2-10-18-26/h3-7,9,11-15,17H,1-2,8,10,16,18H2. The van der Waals surface area contributed by atoms with Crippen LogP contribution >= 0.6 is 0 Å². The molecular formula is C24H24N2O2. The van der Waals surface area contributed by atoms with Crippen LogP contribution in [0.2, 0.25) is 0 Å². The summed E-state index contributed by atoms with van der Waals surface area (Å²) in [7, 11) is 0. The Bertz CT molecular complexity index is 868. The monoisotopic (exact) mass is 372 g/mol. The first kappa shape index (κ1) is 18.2. The number of carbonyl (C=O) groups excluding carboxylic acids is 2. The summed E-state index contributed by atoms with van der Waals surface area (Å²) in [5.41, 5.74) is 2.86. The first-order valence-electron chi connectivity index (χ1n) is 9.89. The second kappa shape index (κ2) is 8.26. The van der Waals surface area contributed by atoms with E-state index in [1.165, 1.54) is 0 Å². The molecule has 0 saturated carbocycles. The number of hydrogen-bond donors (Lipinski definition) is 0. The number of hydrogen-bond acceptors (Lipinski definition) is 2. The maximum absolute atomic E-state index is 13.1. The Balaban J connectivity index is 1.74. The molecule has 0 aromatic heterocycles. The van der Waals surface area contributed by atoms with Crippen LogP contribution in [0.15, 0.2) is 73.1 Å². The number of nitrogens with zero attached hydrogens (tertiary/aromatic N) is 2. The summed E-state index contributed by atoms with van der Waals surface area (Å²) in [5.74, 6) is -0.0432. The van der Waals surface area contributed by atoms with Crippen LogP contribution in [-0.4, -0.2) is 34.7 Å². The molecule has 0 atom stereocenters. The minimum atomic E-state index is -0.0216. The highest BCUT2D eigenvalue weighted by atomic mass is 16.2. The fraction of sp³-hybridized carbons (Fsp3) is 0.250. The van der Waals surface area contributed by atoms with Gasteiger partial charge in [-0.1, -0.05) is 48.6 Å². The van der Waals surface area contributed by atoms with Crippen LogP contribution in [0.5, 0.6) is 0 Å². The van der Waals surface area contributed by atoms with Crippen molar-refractivity contribution in [2.75, 3.05) is 13.1 Å². The zero-order valence-electron chi connectivity index (χ0n) is 15.9. The molecule has 0 spiro atoms. The third-order valence-corrected chi connectivity index (χ3v) is 5.24. The first-order valence-corrected chi connectivity index (χ1v) is 9.89. The van der Waals surface area contributed by atoms with Crippen molar-refractivity contribution in [3.63, 3.8) is 0 Å². The second-order valence-electron chi connectivity index (χ2n) is 7.14. The van der Waals surface area contributed by atoms with Crippen molar-refractivity contribution in [1.82, 2.24) is 9.80 Å². The molecule has 28 heavy (non-hydrogen) atoms. The van der Waals surface area contributed by atoms with Gasteiger partial charge in [-0.2, -0.15) is 0 Å². The Morgan fingerprint density at radius 2 is 1.07 bits per heavy atom. The van der Waals surface area contributed by atoms with Gasteiger partial charge in [0.25, 0.3) is 11.8 Å². The zero-order chi connectivity index (χ0) is 19.3. The van der Waals surface area contributed by atoms with E-state index in [0.717, 1.165) is 49.9 Å². The number of carbonyl (C=O) groups is 2. The van der Waals surface area contributed by atoms with E-state index in [1.54, 1.807) is 9.80 Å². The molecule has 0 fully saturated rings. The maximum atomic E-state index is 13.1. The van der Waals surface area contributed by atoms with Crippen molar-refractivity contribution in [1.29, 1.82) is 0 Å². The Morgan fingerprint density at radius 3 is 1.46 bits per heavy atom. The average molecular weight is 372 g/mol. The summed E-state index contributed by atoms with van der Waals surface area (Å²) < 4.78 is 0. The summed E-state index contributed by atoms with van der Waals surface area (Å²) >= 11 is 0. The van der Waals surface area contributed by atoms with Crippen LogP contribution in [0.3, 0.4) is 0 Å². The largest absolute Gasteiger partial charge is 0.315 e. The molecule has 0 saturated heterocycles. The summed E-state index contributed by atoms with van der Waals surface area (Å²) in [6.45, 7) is 1.45. The Labute approximate surface area is 165 Å². The van der Waals surface area contributed by atoms with E-state index in [1.807, 2.05) is 73.1 Å². The van der Waals surface area contributed by atoms with E-state index in [2.05, 4.69) is 0 Å². The van der Waals surface area contributed by atoms with Gasteiger partial charge < -0.3 is 9.80 Å². The van der Waals surface area contributed by atoms with E-state index in [9.17, 15) is 9.59 Å². The van der Waals surface area contributed by atoms with Gasteiger partial charge in [0.05, 0.1) is 0 Å². The van der Waals surface area contributed by atoms with E-state index >= 15 is 0 Å². The Morgan fingerprint density at radius 1 is 0.643 bits per heavy atom. The van der Waals surface area contributed by atoms with Crippen LogP contribution in [0.1, 0.15) is 46.4 Å². The van der Waals surface area contributed by atoms with Crippen molar-refractivity contribution in [2.24, 2.45) is 0 Å². The maximum Gasteiger partial charge on any atom is 0.258 e. The number of rotatable bonds is 3. The van der Waals surface area contributed by atoms with Crippen molar-refractivity contribution >= 4 is 11.8 Å². The average Bonchev–Trinajstić information content (AvgIpc) is 2.79. The molecule has 2 aliphatic rings. The molecule has 4 heteroatoms. The molecule has 0 unspecified atom stereocenters. The quantitative estimate of drug-likeness (QED) is 0.772. The molecule has 4 nitrogen and oxygen atoms in total. The molecule has 2 heterocycles. The lowest BCUT2D eigenvalue weighted by Gasteiger charge is -2.24. The predicted octanol–water partition coefficient (Wildman–Crippen LogP) is 4.85. The van der Waals surface area contributed by atoms with Crippen LogP contribution in [0, 0.1) is 0 Å². The lowest BCUT2D eigenvalue weighted by molar-refractivity contribution is 0.0806. The lowest BCUT2D eigenvalue weighted by atomic mass is 9.93. The molecule has 142 valence electrons. The van der Waals surface area contributed by atoms with Gasteiger partial charge in [0.2, 0.25) is 0 Å². The molecule has 0 radical (unpaired) electrons. The summed E-state index contributed by atoms with van der Waals surface area (Å²) in [6, 6.07) is 15.1.